The monoisotopic (exact) mass is 295 g/mol. The average Bonchev–Trinajstić information content (AvgIpc) is 2.86. The molecule has 1 saturated heterocycles. The molecule has 3 atom stereocenters. The van der Waals surface area contributed by atoms with Gasteiger partial charge in [-0.3, -0.25) is 9.69 Å². The largest absolute Gasteiger partial charge is 0.468 e. The van der Waals surface area contributed by atoms with Crippen LogP contribution in [0, 0.1) is 5.82 Å². The SMILES string of the molecule is COC(=O)[C@@H]1C[C@@H](O)CN1[C@H](C)CCc1cccc(F)c1. The van der Waals surface area contributed by atoms with Gasteiger partial charge in [0.15, 0.2) is 0 Å². The van der Waals surface area contributed by atoms with E-state index in [2.05, 4.69) is 0 Å². The molecule has 1 heterocycles. The number of ether oxygens (including phenoxy) is 1. The van der Waals surface area contributed by atoms with Crippen molar-refractivity contribution < 1.29 is 19.0 Å². The first kappa shape index (κ1) is 15.9. The van der Waals surface area contributed by atoms with Crippen molar-refractivity contribution in [3.8, 4) is 0 Å². The van der Waals surface area contributed by atoms with Gasteiger partial charge in [-0.25, -0.2) is 4.39 Å². The van der Waals surface area contributed by atoms with Crippen LogP contribution in [-0.2, 0) is 16.0 Å². The average molecular weight is 295 g/mol. The number of methoxy groups -OCH3 is 1. The van der Waals surface area contributed by atoms with E-state index in [1.54, 1.807) is 6.07 Å². The lowest BCUT2D eigenvalue weighted by Gasteiger charge is -2.28. The standard InChI is InChI=1S/C16H22FNO3/c1-11(6-7-12-4-3-5-13(17)8-12)18-10-14(19)9-15(18)16(20)21-2/h3-5,8,11,14-15,19H,6-7,9-10H2,1-2H3/t11-,14-,15+/m1/s1. The number of aryl methyl sites for hydroxylation is 1. The molecule has 5 heteroatoms. The van der Waals surface area contributed by atoms with Gasteiger partial charge in [0.25, 0.3) is 0 Å². The molecule has 0 radical (unpaired) electrons. The number of carbonyl (C=O) groups excluding carboxylic acids is 1. The number of hydrogen-bond acceptors (Lipinski definition) is 4. The Morgan fingerprint density at radius 3 is 3.00 bits per heavy atom. The maximum absolute atomic E-state index is 13.2. The Morgan fingerprint density at radius 2 is 2.33 bits per heavy atom. The minimum Gasteiger partial charge on any atom is -0.468 e. The van der Waals surface area contributed by atoms with Gasteiger partial charge in [0.05, 0.1) is 13.2 Å². The van der Waals surface area contributed by atoms with Crippen molar-refractivity contribution in [1.82, 2.24) is 4.90 Å². The first-order chi connectivity index (χ1) is 10.0. The van der Waals surface area contributed by atoms with E-state index in [1.165, 1.54) is 19.2 Å². The highest BCUT2D eigenvalue weighted by atomic mass is 19.1. The van der Waals surface area contributed by atoms with E-state index in [1.807, 2.05) is 17.9 Å². The molecule has 1 fully saturated rings. The Balaban J connectivity index is 1.95. The van der Waals surface area contributed by atoms with E-state index in [9.17, 15) is 14.3 Å². The number of halogens is 1. The molecule has 0 amide bonds. The summed E-state index contributed by atoms with van der Waals surface area (Å²) in [5.74, 6) is -0.534. The molecule has 0 aliphatic carbocycles. The number of esters is 1. The van der Waals surface area contributed by atoms with Crippen LogP contribution in [0.2, 0.25) is 0 Å². The number of carbonyl (C=O) groups is 1. The number of aliphatic hydroxyl groups is 1. The summed E-state index contributed by atoms with van der Waals surface area (Å²) in [6.45, 7) is 2.50. The van der Waals surface area contributed by atoms with Gasteiger partial charge >= 0.3 is 5.97 Å². The quantitative estimate of drug-likeness (QED) is 0.841. The fourth-order valence-corrected chi connectivity index (χ4v) is 2.93. The molecular formula is C16H22FNO3. The topological polar surface area (TPSA) is 49.8 Å². The molecular weight excluding hydrogens is 273 g/mol. The second-order valence-corrected chi connectivity index (χ2v) is 5.64. The predicted octanol–water partition coefficient (Wildman–Crippen LogP) is 1.75. The molecule has 1 aliphatic heterocycles. The number of benzene rings is 1. The van der Waals surface area contributed by atoms with Crippen molar-refractivity contribution in [3.05, 3.63) is 35.6 Å². The Morgan fingerprint density at radius 1 is 1.57 bits per heavy atom. The molecule has 4 nitrogen and oxygen atoms in total. The molecule has 2 rings (SSSR count). The van der Waals surface area contributed by atoms with E-state index < -0.39 is 6.10 Å². The molecule has 1 aromatic carbocycles. The van der Waals surface area contributed by atoms with Crippen LogP contribution in [0.4, 0.5) is 4.39 Å². The van der Waals surface area contributed by atoms with Gasteiger partial charge in [-0.2, -0.15) is 0 Å². The van der Waals surface area contributed by atoms with Crippen LogP contribution in [-0.4, -0.2) is 47.8 Å². The second-order valence-electron chi connectivity index (χ2n) is 5.64. The van der Waals surface area contributed by atoms with Crippen molar-refractivity contribution in [3.63, 3.8) is 0 Å². The van der Waals surface area contributed by atoms with Crippen molar-refractivity contribution in [1.29, 1.82) is 0 Å². The van der Waals surface area contributed by atoms with Crippen LogP contribution in [0.1, 0.15) is 25.3 Å². The minimum absolute atomic E-state index is 0.120. The second kappa shape index (κ2) is 7.00. The van der Waals surface area contributed by atoms with Crippen molar-refractivity contribution in [2.45, 2.75) is 44.4 Å². The Labute approximate surface area is 124 Å². The van der Waals surface area contributed by atoms with Gasteiger partial charge < -0.3 is 9.84 Å². The number of β-amino-alcohol motifs (C(OH)–C–C–N with tert-alkyl or cyclic N) is 1. The van der Waals surface area contributed by atoms with E-state index >= 15 is 0 Å². The van der Waals surface area contributed by atoms with Crippen LogP contribution in [0.5, 0.6) is 0 Å². The zero-order chi connectivity index (χ0) is 15.4. The van der Waals surface area contributed by atoms with Crippen LogP contribution in [0.15, 0.2) is 24.3 Å². The summed E-state index contributed by atoms with van der Waals surface area (Å²) < 4.78 is 18.0. The normalized spacial score (nSPS) is 24.0. The zero-order valence-corrected chi connectivity index (χ0v) is 12.5. The maximum atomic E-state index is 13.2. The zero-order valence-electron chi connectivity index (χ0n) is 12.5. The number of aliphatic hydroxyl groups excluding tert-OH is 1. The molecule has 0 saturated carbocycles. The fourth-order valence-electron chi connectivity index (χ4n) is 2.93. The molecule has 1 aliphatic rings. The smallest absolute Gasteiger partial charge is 0.323 e. The molecule has 0 unspecified atom stereocenters. The first-order valence-corrected chi connectivity index (χ1v) is 7.27. The first-order valence-electron chi connectivity index (χ1n) is 7.27. The van der Waals surface area contributed by atoms with Gasteiger partial charge in [0.1, 0.15) is 11.9 Å². The summed E-state index contributed by atoms with van der Waals surface area (Å²) in [5.41, 5.74) is 0.941. The lowest BCUT2D eigenvalue weighted by atomic mass is 10.0. The predicted molar refractivity (Wildman–Crippen MR) is 77.3 cm³/mol. The molecule has 1 aromatic rings. The summed E-state index contributed by atoms with van der Waals surface area (Å²) >= 11 is 0. The lowest BCUT2D eigenvalue weighted by Crippen LogP contribution is -2.42. The Kier molecular flexibility index (Phi) is 5.31. The van der Waals surface area contributed by atoms with Crippen LogP contribution < -0.4 is 0 Å². The lowest BCUT2D eigenvalue weighted by molar-refractivity contribution is -0.146. The van der Waals surface area contributed by atoms with Gasteiger partial charge in [-0.05, 0) is 37.5 Å². The van der Waals surface area contributed by atoms with Gasteiger partial charge in [-0.1, -0.05) is 12.1 Å². The van der Waals surface area contributed by atoms with E-state index in [0.717, 1.165) is 18.4 Å². The maximum Gasteiger partial charge on any atom is 0.323 e. The molecule has 0 bridgehead atoms. The molecule has 0 aromatic heterocycles. The summed E-state index contributed by atoms with van der Waals surface area (Å²) in [5, 5.41) is 9.79. The Bertz CT molecular complexity index is 494. The number of rotatable bonds is 5. The highest BCUT2D eigenvalue weighted by Gasteiger charge is 2.38. The molecule has 21 heavy (non-hydrogen) atoms. The van der Waals surface area contributed by atoms with Crippen molar-refractivity contribution in [2.24, 2.45) is 0 Å². The third kappa shape index (κ3) is 4.02. The molecule has 0 spiro atoms. The van der Waals surface area contributed by atoms with Crippen LogP contribution >= 0.6 is 0 Å². The number of nitrogens with zero attached hydrogens (tertiary/aromatic N) is 1. The van der Waals surface area contributed by atoms with Crippen molar-refractivity contribution >= 4 is 5.97 Å². The van der Waals surface area contributed by atoms with E-state index in [0.29, 0.717) is 13.0 Å². The third-order valence-electron chi connectivity index (χ3n) is 4.10. The Hall–Kier alpha value is -1.46. The third-order valence-corrected chi connectivity index (χ3v) is 4.10. The minimum atomic E-state index is -0.495. The van der Waals surface area contributed by atoms with Crippen LogP contribution in [0.3, 0.4) is 0 Å². The molecule has 1 N–H and O–H groups in total. The van der Waals surface area contributed by atoms with Gasteiger partial charge in [0, 0.05) is 19.0 Å². The summed E-state index contributed by atoms with van der Waals surface area (Å²) in [7, 11) is 1.36. The number of likely N-dealkylation sites (tertiary alicyclic amines) is 1. The summed E-state index contributed by atoms with van der Waals surface area (Å²) in [6, 6.07) is 6.29. The van der Waals surface area contributed by atoms with Gasteiger partial charge in [0.2, 0.25) is 0 Å². The summed E-state index contributed by atoms with van der Waals surface area (Å²) in [4.78, 5) is 13.8. The highest BCUT2D eigenvalue weighted by Crippen LogP contribution is 2.24. The van der Waals surface area contributed by atoms with E-state index in [4.69, 9.17) is 4.74 Å². The van der Waals surface area contributed by atoms with E-state index in [-0.39, 0.29) is 23.9 Å². The fraction of sp³-hybridized carbons (Fsp3) is 0.562. The van der Waals surface area contributed by atoms with Crippen LogP contribution in [0.25, 0.3) is 0 Å². The highest BCUT2D eigenvalue weighted by molar-refractivity contribution is 5.76. The number of hydrogen-bond donors (Lipinski definition) is 1. The van der Waals surface area contributed by atoms with Gasteiger partial charge in [-0.15, -0.1) is 0 Å². The summed E-state index contributed by atoms with van der Waals surface area (Å²) in [6.07, 6.45) is 1.45. The molecule has 116 valence electrons. The van der Waals surface area contributed by atoms with Crippen molar-refractivity contribution in [2.75, 3.05) is 13.7 Å².